The van der Waals surface area contributed by atoms with Crippen molar-refractivity contribution in [2.45, 2.75) is 12.6 Å². The van der Waals surface area contributed by atoms with Gasteiger partial charge in [-0.05, 0) is 26.2 Å². The number of aromatic nitrogens is 3. The molecule has 0 saturated carbocycles. The zero-order valence-electron chi connectivity index (χ0n) is 11.0. The van der Waals surface area contributed by atoms with Gasteiger partial charge in [-0.1, -0.05) is 17.7 Å². The lowest BCUT2D eigenvalue weighted by Gasteiger charge is -2.15. The van der Waals surface area contributed by atoms with Crippen LogP contribution in [0.2, 0.25) is 5.02 Å². The Morgan fingerprint density at radius 2 is 2.21 bits per heavy atom. The van der Waals surface area contributed by atoms with Crippen molar-refractivity contribution in [2.24, 2.45) is 0 Å². The molecule has 0 aliphatic heterocycles. The quantitative estimate of drug-likeness (QED) is 0.903. The fourth-order valence-corrected chi connectivity index (χ4v) is 2.04. The van der Waals surface area contributed by atoms with Crippen LogP contribution in [-0.4, -0.2) is 45.4 Å². The Morgan fingerprint density at radius 3 is 2.84 bits per heavy atom. The van der Waals surface area contributed by atoms with E-state index in [0.29, 0.717) is 23.0 Å². The third-order valence-corrected chi connectivity index (χ3v) is 3.11. The van der Waals surface area contributed by atoms with Crippen LogP contribution in [-0.2, 0) is 6.54 Å². The maximum absolute atomic E-state index is 10.4. The number of aliphatic hydroxyl groups is 1. The second-order valence-electron chi connectivity index (χ2n) is 4.56. The van der Waals surface area contributed by atoms with Crippen molar-refractivity contribution in [2.75, 3.05) is 20.6 Å². The summed E-state index contributed by atoms with van der Waals surface area (Å²) in [5.41, 5.74) is 1.15. The van der Waals surface area contributed by atoms with E-state index in [2.05, 4.69) is 10.1 Å². The summed E-state index contributed by atoms with van der Waals surface area (Å²) in [6.45, 7) is 1.49. The number of aliphatic hydroxyl groups excluding tert-OH is 1. The fourth-order valence-electron chi connectivity index (χ4n) is 1.79. The Balaban J connectivity index is 2.26. The van der Waals surface area contributed by atoms with Crippen molar-refractivity contribution in [3.8, 4) is 0 Å². The largest absolute Gasteiger partial charge is 0.380 e. The fraction of sp³-hybridized carbons (Fsp3) is 0.385. The highest BCUT2D eigenvalue weighted by molar-refractivity contribution is 6.31. The van der Waals surface area contributed by atoms with Gasteiger partial charge in [-0.25, -0.2) is 0 Å². The van der Waals surface area contributed by atoms with E-state index in [1.165, 1.54) is 0 Å². The molecule has 6 heteroatoms. The van der Waals surface area contributed by atoms with E-state index in [4.69, 9.17) is 11.6 Å². The molecule has 0 aromatic carbocycles. The molecule has 0 aliphatic rings. The predicted octanol–water partition coefficient (Wildman–Crippen LogP) is 1.57. The van der Waals surface area contributed by atoms with Gasteiger partial charge in [0, 0.05) is 12.7 Å². The third kappa shape index (κ3) is 3.32. The molecule has 0 spiro atoms. The van der Waals surface area contributed by atoms with E-state index in [-0.39, 0.29) is 0 Å². The Kier molecular flexibility index (Phi) is 4.52. The Bertz CT molecular complexity index is 527. The van der Waals surface area contributed by atoms with Gasteiger partial charge < -0.3 is 10.0 Å². The normalized spacial score (nSPS) is 12.9. The van der Waals surface area contributed by atoms with E-state index < -0.39 is 6.10 Å². The maximum atomic E-state index is 10.4. The van der Waals surface area contributed by atoms with E-state index >= 15 is 0 Å². The molecule has 1 N–H and O–H groups in total. The van der Waals surface area contributed by atoms with E-state index in [1.54, 1.807) is 29.2 Å². The zero-order chi connectivity index (χ0) is 13.8. The van der Waals surface area contributed by atoms with Crippen molar-refractivity contribution >= 4 is 11.6 Å². The zero-order valence-corrected chi connectivity index (χ0v) is 11.7. The molecule has 2 heterocycles. The second kappa shape index (κ2) is 6.14. The van der Waals surface area contributed by atoms with Gasteiger partial charge in [-0.3, -0.25) is 9.67 Å². The molecular formula is C13H17ClN4O. The molecule has 0 aliphatic carbocycles. The first-order chi connectivity index (χ1) is 9.09. The summed E-state index contributed by atoms with van der Waals surface area (Å²) in [6.07, 6.45) is 2.34. The number of nitrogens with zero attached hydrogens (tertiary/aromatic N) is 4. The van der Waals surface area contributed by atoms with E-state index in [1.807, 2.05) is 25.1 Å². The Hall–Kier alpha value is -1.43. The minimum atomic E-state index is -0.863. The number of likely N-dealkylation sites (N-methyl/N-ethyl adjacent to an activating group) is 1. The van der Waals surface area contributed by atoms with Gasteiger partial charge in [0.25, 0.3) is 0 Å². The lowest BCUT2D eigenvalue weighted by molar-refractivity contribution is 0.201. The van der Waals surface area contributed by atoms with Crippen LogP contribution < -0.4 is 0 Å². The first-order valence-corrected chi connectivity index (χ1v) is 6.42. The minimum absolute atomic E-state index is 0.455. The number of halogens is 1. The summed E-state index contributed by atoms with van der Waals surface area (Å²) in [5, 5.41) is 15.0. The molecule has 19 heavy (non-hydrogen) atoms. The molecule has 102 valence electrons. The van der Waals surface area contributed by atoms with Crippen molar-refractivity contribution in [3.63, 3.8) is 0 Å². The molecule has 0 fully saturated rings. The lowest BCUT2D eigenvalue weighted by atomic mass is 10.1. The molecule has 0 bridgehead atoms. The topological polar surface area (TPSA) is 54.2 Å². The van der Waals surface area contributed by atoms with Gasteiger partial charge in [0.05, 0.1) is 29.2 Å². The average Bonchev–Trinajstić information content (AvgIpc) is 2.78. The summed E-state index contributed by atoms with van der Waals surface area (Å²) in [5.74, 6) is 0. The molecule has 1 unspecified atom stereocenters. The molecule has 0 amide bonds. The molecule has 0 radical (unpaired) electrons. The number of hydrogen-bond donors (Lipinski definition) is 1. The van der Waals surface area contributed by atoms with E-state index in [0.717, 1.165) is 6.54 Å². The predicted molar refractivity (Wildman–Crippen MR) is 74.1 cm³/mol. The van der Waals surface area contributed by atoms with Gasteiger partial charge >= 0.3 is 0 Å². The highest BCUT2D eigenvalue weighted by Crippen LogP contribution is 2.26. The van der Waals surface area contributed by atoms with Crippen LogP contribution in [0.1, 0.15) is 17.5 Å². The number of pyridine rings is 1. The van der Waals surface area contributed by atoms with Gasteiger partial charge in [0.15, 0.2) is 0 Å². The summed E-state index contributed by atoms with van der Waals surface area (Å²) in [7, 11) is 3.97. The Morgan fingerprint density at radius 1 is 1.42 bits per heavy atom. The van der Waals surface area contributed by atoms with Crippen LogP contribution in [0, 0.1) is 0 Å². The highest BCUT2D eigenvalue weighted by atomic mass is 35.5. The summed E-state index contributed by atoms with van der Waals surface area (Å²) in [4.78, 5) is 6.20. The van der Waals surface area contributed by atoms with E-state index in [9.17, 15) is 5.11 Å². The second-order valence-corrected chi connectivity index (χ2v) is 4.97. The monoisotopic (exact) mass is 280 g/mol. The SMILES string of the molecule is CN(C)CCn1ncc(Cl)c1C(O)c1ccccn1. The maximum Gasteiger partial charge on any atom is 0.139 e. The molecular weight excluding hydrogens is 264 g/mol. The van der Waals surface area contributed by atoms with Crippen molar-refractivity contribution in [1.82, 2.24) is 19.7 Å². The van der Waals surface area contributed by atoms with Gasteiger partial charge in [0.2, 0.25) is 0 Å². The Labute approximate surface area is 117 Å². The van der Waals surface area contributed by atoms with Crippen molar-refractivity contribution in [1.29, 1.82) is 0 Å². The number of hydrogen-bond acceptors (Lipinski definition) is 4. The first kappa shape index (κ1) is 14.0. The van der Waals surface area contributed by atoms with Crippen LogP contribution in [0.25, 0.3) is 0 Å². The molecule has 0 saturated heterocycles. The molecule has 1 atom stereocenters. The van der Waals surface area contributed by atoms with Crippen LogP contribution in [0.4, 0.5) is 0 Å². The summed E-state index contributed by atoms with van der Waals surface area (Å²) < 4.78 is 1.72. The molecule has 5 nitrogen and oxygen atoms in total. The molecule has 2 rings (SSSR count). The van der Waals surface area contributed by atoms with Gasteiger partial charge in [-0.2, -0.15) is 5.10 Å². The average molecular weight is 281 g/mol. The van der Waals surface area contributed by atoms with Crippen LogP contribution in [0.15, 0.2) is 30.6 Å². The standard InChI is InChI=1S/C13H17ClN4O/c1-17(2)7-8-18-12(10(14)9-16-18)13(19)11-5-3-4-6-15-11/h3-6,9,13,19H,7-8H2,1-2H3. The third-order valence-electron chi connectivity index (χ3n) is 2.82. The van der Waals surface area contributed by atoms with Crippen LogP contribution in [0.5, 0.6) is 0 Å². The first-order valence-electron chi connectivity index (χ1n) is 6.04. The van der Waals surface area contributed by atoms with Gasteiger partial charge in [0.1, 0.15) is 6.10 Å². The smallest absolute Gasteiger partial charge is 0.139 e. The molecule has 2 aromatic rings. The number of rotatable bonds is 5. The lowest BCUT2D eigenvalue weighted by Crippen LogP contribution is -2.21. The summed E-state index contributed by atoms with van der Waals surface area (Å²) >= 11 is 6.12. The van der Waals surface area contributed by atoms with Crippen LogP contribution >= 0.6 is 11.6 Å². The van der Waals surface area contributed by atoms with Crippen LogP contribution in [0.3, 0.4) is 0 Å². The minimum Gasteiger partial charge on any atom is -0.380 e. The summed E-state index contributed by atoms with van der Waals surface area (Å²) in [6, 6.07) is 5.41. The molecule has 2 aromatic heterocycles. The van der Waals surface area contributed by atoms with Crippen molar-refractivity contribution < 1.29 is 5.11 Å². The highest BCUT2D eigenvalue weighted by Gasteiger charge is 2.20. The van der Waals surface area contributed by atoms with Gasteiger partial charge in [-0.15, -0.1) is 0 Å². The van der Waals surface area contributed by atoms with Crippen molar-refractivity contribution in [3.05, 3.63) is 47.0 Å².